The van der Waals surface area contributed by atoms with Crippen molar-refractivity contribution in [1.82, 2.24) is 15.1 Å². The summed E-state index contributed by atoms with van der Waals surface area (Å²) in [5, 5.41) is 8.88. The second-order valence-corrected chi connectivity index (χ2v) is 11.3. The van der Waals surface area contributed by atoms with Crippen LogP contribution in [0.5, 0.6) is 11.5 Å². The third kappa shape index (κ3) is 4.31. The third-order valence-corrected chi connectivity index (χ3v) is 8.82. The molecule has 0 N–H and O–H groups in total. The number of carbonyl (C=O) groups is 1. The van der Waals surface area contributed by atoms with Crippen LogP contribution in [0.3, 0.4) is 0 Å². The second-order valence-electron chi connectivity index (χ2n) is 9.22. The zero-order chi connectivity index (χ0) is 23.1. The summed E-state index contributed by atoms with van der Waals surface area (Å²) < 4.78 is 17.3. The Balaban J connectivity index is 1.10. The van der Waals surface area contributed by atoms with Gasteiger partial charge in [-0.05, 0) is 67.3 Å². The molecule has 4 heterocycles. The van der Waals surface area contributed by atoms with Crippen LogP contribution in [0, 0.1) is 5.92 Å². The van der Waals surface area contributed by atoms with Gasteiger partial charge in [0.05, 0.1) is 16.7 Å². The highest BCUT2D eigenvalue weighted by molar-refractivity contribution is 7.99. The highest BCUT2D eigenvalue weighted by Crippen LogP contribution is 2.39. The molecule has 34 heavy (non-hydrogen) atoms. The highest BCUT2D eigenvalue weighted by Gasteiger charge is 2.31. The van der Waals surface area contributed by atoms with E-state index in [1.165, 1.54) is 28.6 Å². The van der Waals surface area contributed by atoms with Crippen LogP contribution in [0.15, 0.2) is 33.9 Å². The van der Waals surface area contributed by atoms with Crippen LogP contribution in [0.25, 0.3) is 10.8 Å². The van der Waals surface area contributed by atoms with Crippen molar-refractivity contribution in [3.05, 3.63) is 40.3 Å². The molecule has 3 aromatic rings. The van der Waals surface area contributed by atoms with E-state index < -0.39 is 0 Å². The van der Waals surface area contributed by atoms with E-state index in [9.17, 15) is 4.79 Å². The van der Waals surface area contributed by atoms with E-state index in [1.807, 2.05) is 23.1 Å². The van der Waals surface area contributed by atoms with Crippen LogP contribution >= 0.6 is 23.1 Å². The quantitative estimate of drug-likeness (QED) is 0.451. The van der Waals surface area contributed by atoms with E-state index in [1.54, 1.807) is 11.3 Å². The van der Waals surface area contributed by atoms with Crippen LogP contribution in [0.2, 0.25) is 0 Å². The van der Waals surface area contributed by atoms with Crippen molar-refractivity contribution in [3.8, 4) is 22.3 Å². The lowest BCUT2D eigenvalue weighted by Crippen LogP contribution is -2.32. The number of hydrogen-bond acceptors (Lipinski definition) is 8. The molecule has 1 fully saturated rings. The summed E-state index contributed by atoms with van der Waals surface area (Å²) in [6.07, 6.45) is 5.43. The minimum atomic E-state index is 0.0574. The van der Waals surface area contributed by atoms with Gasteiger partial charge in [0.2, 0.25) is 5.91 Å². The fourth-order valence-corrected chi connectivity index (χ4v) is 6.84. The molecule has 0 saturated carbocycles. The molecule has 9 heteroatoms. The summed E-state index contributed by atoms with van der Waals surface area (Å²) >= 11 is 3.07. The Morgan fingerprint density at radius 1 is 1.18 bits per heavy atom. The number of thiophene rings is 1. The van der Waals surface area contributed by atoms with Crippen molar-refractivity contribution < 1.29 is 18.7 Å². The number of nitrogens with zero attached hydrogens (tertiary/aromatic N) is 3. The fourth-order valence-electron chi connectivity index (χ4n) is 5.06. The van der Waals surface area contributed by atoms with Crippen molar-refractivity contribution >= 4 is 29.0 Å². The van der Waals surface area contributed by atoms with Gasteiger partial charge < -0.3 is 18.8 Å². The first kappa shape index (κ1) is 22.0. The lowest BCUT2D eigenvalue weighted by Gasteiger charge is -2.26. The number of likely N-dealkylation sites (tertiary alicyclic amines) is 1. The van der Waals surface area contributed by atoms with Crippen molar-refractivity contribution in [2.75, 3.05) is 25.5 Å². The number of carbonyl (C=O) groups excluding carboxylic acids is 1. The lowest BCUT2D eigenvalue weighted by molar-refractivity contribution is -0.129. The van der Waals surface area contributed by atoms with Gasteiger partial charge in [-0.1, -0.05) is 24.8 Å². The number of fused-ring (bicyclic) bond motifs is 2. The van der Waals surface area contributed by atoms with E-state index in [2.05, 4.69) is 23.2 Å². The molecular formula is C25H27N3O4S2. The molecule has 0 unspecified atom stereocenters. The van der Waals surface area contributed by atoms with Crippen LogP contribution in [0.1, 0.15) is 48.2 Å². The van der Waals surface area contributed by atoms with E-state index in [4.69, 9.17) is 13.9 Å². The first-order chi connectivity index (χ1) is 16.6. The van der Waals surface area contributed by atoms with Crippen LogP contribution in [-0.4, -0.2) is 46.5 Å². The van der Waals surface area contributed by atoms with Gasteiger partial charge in [-0.3, -0.25) is 4.79 Å². The number of rotatable bonds is 5. The summed E-state index contributed by atoms with van der Waals surface area (Å²) in [5.74, 6) is 3.18. The van der Waals surface area contributed by atoms with Crippen molar-refractivity contribution in [2.24, 2.45) is 5.92 Å². The van der Waals surface area contributed by atoms with Gasteiger partial charge in [-0.15, -0.1) is 21.5 Å². The number of aryl methyl sites for hydroxylation is 1. The Morgan fingerprint density at radius 2 is 2.06 bits per heavy atom. The van der Waals surface area contributed by atoms with E-state index in [-0.39, 0.29) is 17.7 Å². The van der Waals surface area contributed by atoms with Gasteiger partial charge in [0, 0.05) is 11.4 Å². The van der Waals surface area contributed by atoms with Crippen LogP contribution in [-0.2, 0) is 17.6 Å². The molecular weight excluding hydrogens is 470 g/mol. The smallest absolute Gasteiger partial charge is 0.277 e. The maximum absolute atomic E-state index is 13.1. The van der Waals surface area contributed by atoms with Gasteiger partial charge in [0.1, 0.15) is 13.2 Å². The standard InChI is InChI=1S/C25H27N3O4S2/c1-15-4-7-21-17(11-15)13-22(34-21)24-26-27-25(32-24)33-14-23(29)28-8-2-3-18(28)16-5-6-19-20(12-16)31-10-9-30-19/h5-6,12-13,15,18H,2-4,7-11,14H2,1H3/t15-,18+/m1/s1. The number of ether oxygens (including phenoxy) is 2. The maximum atomic E-state index is 13.1. The molecule has 2 atom stereocenters. The maximum Gasteiger partial charge on any atom is 0.277 e. The SMILES string of the molecule is C[C@@H]1CCc2sc(-c3nnc(SCC(=O)N4CCC[C@H]4c4ccc5c(c4)OCCO5)o3)cc2C1. The van der Waals surface area contributed by atoms with Crippen LogP contribution in [0.4, 0.5) is 0 Å². The number of amides is 1. The summed E-state index contributed by atoms with van der Waals surface area (Å²) in [6, 6.07) is 8.27. The molecule has 1 amide bonds. The number of thioether (sulfide) groups is 1. The first-order valence-corrected chi connectivity index (χ1v) is 13.7. The second kappa shape index (κ2) is 9.26. The predicted octanol–water partition coefficient (Wildman–Crippen LogP) is 5.15. The number of hydrogen-bond donors (Lipinski definition) is 0. The van der Waals surface area contributed by atoms with E-state index >= 15 is 0 Å². The number of aromatic nitrogens is 2. The molecule has 1 saturated heterocycles. The molecule has 1 aromatic carbocycles. The van der Waals surface area contributed by atoms with Crippen molar-refractivity contribution in [3.63, 3.8) is 0 Å². The average molecular weight is 498 g/mol. The van der Waals surface area contributed by atoms with Crippen molar-refractivity contribution in [1.29, 1.82) is 0 Å². The normalized spacial score (nSPS) is 21.5. The zero-order valence-corrected chi connectivity index (χ0v) is 20.8. The topological polar surface area (TPSA) is 77.7 Å². The van der Waals surface area contributed by atoms with Crippen molar-refractivity contribution in [2.45, 2.75) is 50.3 Å². The third-order valence-electron chi connectivity index (χ3n) is 6.79. The molecule has 2 aliphatic heterocycles. The number of benzene rings is 1. The van der Waals surface area contributed by atoms with Gasteiger partial charge in [-0.25, -0.2) is 0 Å². The largest absolute Gasteiger partial charge is 0.486 e. The minimum absolute atomic E-state index is 0.0574. The summed E-state index contributed by atoms with van der Waals surface area (Å²) in [4.78, 5) is 17.5. The Hall–Kier alpha value is -2.52. The van der Waals surface area contributed by atoms with Gasteiger partial charge in [0.15, 0.2) is 11.5 Å². The first-order valence-electron chi connectivity index (χ1n) is 11.9. The summed E-state index contributed by atoms with van der Waals surface area (Å²) in [6.45, 7) is 4.19. The minimum Gasteiger partial charge on any atom is -0.486 e. The van der Waals surface area contributed by atoms with Gasteiger partial charge >= 0.3 is 0 Å². The molecule has 7 nitrogen and oxygen atoms in total. The summed E-state index contributed by atoms with van der Waals surface area (Å²) in [7, 11) is 0. The molecule has 2 aromatic heterocycles. The highest BCUT2D eigenvalue weighted by atomic mass is 32.2. The predicted molar refractivity (Wildman–Crippen MR) is 131 cm³/mol. The Bertz CT molecular complexity index is 1210. The Morgan fingerprint density at radius 3 is 2.97 bits per heavy atom. The van der Waals surface area contributed by atoms with Gasteiger partial charge in [-0.2, -0.15) is 0 Å². The molecule has 0 spiro atoms. The average Bonchev–Trinajstić information content (AvgIpc) is 3.61. The lowest BCUT2D eigenvalue weighted by atomic mass is 9.90. The zero-order valence-electron chi connectivity index (χ0n) is 19.1. The Kier molecular flexibility index (Phi) is 5.99. The fraction of sp³-hybridized carbons (Fsp3) is 0.480. The summed E-state index contributed by atoms with van der Waals surface area (Å²) in [5.41, 5.74) is 2.51. The Labute approximate surface area is 206 Å². The van der Waals surface area contributed by atoms with Crippen LogP contribution < -0.4 is 9.47 Å². The molecule has 0 bridgehead atoms. The molecule has 3 aliphatic rings. The van der Waals surface area contributed by atoms with E-state index in [0.717, 1.165) is 60.1 Å². The molecule has 6 rings (SSSR count). The van der Waals surface area contributed by atoms with E-state index in [0.29, 0.717) is 24.3 Å². The molecule has 0 radical (unpaired) electrons. The monoisotopic (exact) mass is 497 g/mol. The van der Waals surface area contributed by atoms with Gasteiger partial charge in [0.25, 0.3) is 11.1 Å². The molecule has 1 aliphatic carbocycles. The molecule has 178 valence electrons.